The standard InChI is InChI=1S/3CHF3S.3FH/c3*2-1(3,4)5;;;/h3*5H;3*1H. The van der Waals surface area contributed by atoms with Crippen molar-refractivity contribution < 1.29 is 53.6 Å². The first-order valence-corrected chi connectivity index (χ1v) is 3.71. The van der Waals surface area contributed by atoms with Crippen LogP contribution in [0, 0.1) is 0 Å². The zero-order valence-electron chi connectivity index (χ0n) is 7.47. The summed E-state index contributed by atoms with van der Waals surface area (Å²) >= 11 is 6.37. The van der Waals surface area contributed by atoms with Crippen molar-refractivity contribution in [3.63, 3.8) is 0 Å². The Kier molecular flexibility index (Phi) is 27.4. The molecule has 0 aliphatic carbocycles. The molecule has 0 rings (SSSR count). The van der Waals surface area contributed by atoms with E-state index in [0.29, 0.717) is 0 Å². The lowest BCUT2D eigenvalue weighted by molar-refractivity contribution is -0.0313. The Morgan fingerprint density at radius 1 is 0.389 bits per heavy atom. The number of alkyl halides is 9. The van der Waals surface area contributed by atoms with Gasteiger partial charge in [-0.25, -0.2) is 0 Å². The Balaban J connectivity index is -0.0000000277. The molecule has 0 aliphatic rings. The van der Waals surface area contributed by atoms with Crippen LogP contribution in [0.4, 0.5) is 53.6 Å². The van der Waals surface area contributed by atoms with Gasteiger partial charge in [0.05, 0.1) is 0 Å². The third-order valence-electron chi connectivity index (χ3n) is 0. The maximum atomic E-state index is 10.2. The molecule has 18 heavy (non-hydrogen) atoms. The number of hydrogen-bond acceptors (Lipinski definition) is 3. The Bertz CT molecular complexity index is 97.6. The maximum absolute atomic E-state index is 10.2. The van der Waals surface area contributed by atoms with Crippen molar-refractivity contribution in [2.75, 3.05) is 0 Å². The molecule has 0 unspecified atom stereocenters. The summed E-state index contributed by atoms with van der Waals surface area (Å²) in [6.45, 7) is 0. The van der Waals surface area contributed by atoms with E-state index in [0.717, 1.165) is 0 Å². The highest BCUT2D eigenvalue weighted by molar-refractivity contribution is 7.81. The van der Waals surface area contributed by atoms with Crippen LogP contribution in [-0.4, -0.2) is 16.5 Å². The monoisotopic (exact) mass is 366 g/mol. The van der Waals surface area contributed by atoms with Gasteiger partial charge in [0.1, 0.15) is 0 Å². The van der Waals surface area contributed by atoms with Gasteiger partial charge in [0, 0.05) is 0 Å². The molecule has 0 fully saturated rings. The second-order valence-corrected chi connectivity index (χ2v) is 2.92. The van der Waals surface area contributed by atoms with Crippen LogP contribution < -0.4 is 0 Å². The van der Waals surface area contributed by atoms with Crippen LogP contribution in [0.15, 0.2) is 0 Å². The van der Waals surface area contributed by atoms with Gasteiger partial charge in [0.25, 0.3) is 0 Å². The second kappa shape index (κ2) is 13.6. The number of rotatable bonds is 0. The summed E-state index contributed by atoms with van der Waals surface area (Å²) in [4.78, 5) is 0. The maximum Gasteiger partial charge on any atom is 0.438 e. The van der Waals surface area contributed by atoms with Crippen LogP contribution in [0.2, 0.25) is 0 Å². The smallest absolute Gasteiger partial charge is 0.269 e. The van der Waals surface area contributed by atoms with Crippen LogP contribution in [0.25, 0.3) is 0 Å². The molecule has 0 aromatic carbocycles. The average molecular weight is 366 g/mol. The van der Waals surface area contributed by atoms with Crippen LogP contribution in [0.3, 0.4) is 0 Å². The largest absolute Gasteiger partial charge is 0.438 e. The van der Waals surface area contributed by atoms with Gasteiger partial charge in [-0.2, -0.15) is 39.5 Å². The van der Waals surface area contributed by atoms with E-state index in [1.165, 1.54) is 0 Å². The summed E-state index contributed by atoms with van der Waals surface area (Å²) in [7, 11) is 0. The van der Waals surface area contributed by atoms with E-state index in [2.05, 4.69) is 37.9 Å². The fourth-order valence-electron chi connectivity index (χ4n) is 0. The van der Waals surface area contributed by atoms with Crippen molar-refractivity contribution in [2.24, 2.45) is 0 Å². The molecular weight excluding hydrogens is 360 g/mol. The normalized spacial score (nSPS) is 10.0. The van der Waals surface area contributed by atoms with E-state index < -0.39 is 16.5 Å². The summed E-state index contributed by atoms with van der Waals surface area (Å²) in [6, 6.07) is 0. The molecule has 0 heterocycles. The number of halogens is 12. The minimum Gasteiger partial charge on any atom is -0.269 e. The van der Waals surface area contributed by atoms with E-state index in [4.69, 9.17) is 0 Å². The molecule has 0 saturated heterocycles. The van der Waals surface area contributed by atoms with E-state index in [-0.39, 0.29) is 14.1 Å². The first kappa shape index (κ1) is 36.2. The van der Waals surface area contributed by atoms with Crippen LogP contribution in [-0.2, 0) is 0 Å². The van der Waals surface area contributed by atoms with Crippen molar-refractivity contribution in [3.05, 3.63) is 0 Å². The van der Waals surface area contributed by atoms with Gasteiger partial charge in [-0.1, -0.05) is 37.9 Å². The lowest BCUT2D eigenvalue weighted by atomic mass is 11.6. The summed E-state index contributed by atoms with van der Waals surface area (Å²) in [5.41, 5.74) is -12.9. The first-order chi connectivity index (χ1) is 6.00. The van der Waals surface area contributed by atoms with Crippen molar-refractivity contribution >= 4 is 37.9 Å². The summed E-state index contributed by atoms with van der Waals surface area (Å²) < 4.78 is 92.0. The third-order valence-corrected chi connectivity index (χ3v) is 0. The zero-order valence-corrected chi connectivity index (χ0v) is 10.2. The molecular formula is C3H6F12S3. The summed E-state index contributed by atoms with van der Waals surface area (Å²) in [6.07, 6.45) is 0. The van der Waals surface area contributed by atoms with Crippen molar-refractivity contribution in [1.29, 1.82) is 0 Å². The number of thiol groups is 3. The van der Waals surface area contributed by atoms with Crippen LogP contribution >= 0.6 is 37.9 Å². The molecule has 0 amide bonds. The Hall–Kier alpha value is 0.210. The molecule has 0 atom stereocenters. The molecule has 0 nitrogen and oxygen atoms in total. The fraction of sp³-hybridized carbons (Fsp3) is 1.00. The molecule has 0 aromatic heterocycles. The molecule has 0 radical (unpaired) electrons. The van der Waals surface area contributed by atoms with Crippen molar-refractivity contribution in [2.45, 2.75) is 16.5 Å². The fourth-order valence-corrected chi connectivity index (χ4v) is 0. The summed E-state index contributed by atoms with van der Waals surface area (Å²) in [5, 5.41) is 0. The highest BCUT2D eigenvalue weighted by atomic mass is 32.1. The van der Waals surface area contributed by atoms with Gasteiger partial charge in [-0.15, -0.1) is 0 Å². The topological polar surface area (TPSA) is 0 Å². The van der Waals surface area contributed by atoms with E-state index in [1.807, 2.05) is 0 Å². The van der Waals surface area contributed by atoms with Crippen LogP contribution in [0.5, 0.6) is 0 Å². The van der Waals surface area contributed by atoms with Gasteiger partial charge >= 0.3 is 16.5 Å². The quantitative estimate of drug-likeness (QED) is 0.399. The predicted molar refractivity (Wildman–Crippen MR) is 52.6 cm³/mol. The van der Waals surface area contributed by atoms with Crippen molar-refractivity contribution in [1.82, 2.24) is 0 Å². The zero-order chi connectivity index (χ0) is 13.5. The predicted octanol–water partition coefficient (Wildman–Crippen LogP) is 4.77. The first-order valence-electron chi connectivity index (χ1n) is 2.37. The van der Waals surface area contributed by atoms with Gasteiger partial charge in [-0.05, 0) is 0 Å². The van der Waals surface area contributed by atoms with E-state index >= 15 is 0 Å². The molecule has 0 aliphatic heterocycles. The lowest BCUT2D eigenvalue weighted by Crippen LogP contribution is -1.89. The Morgan fingerprint density at radius 3 is 0.389 bits per heavy atom. The summed E-state index contributed by atoms with van der Waals surface area (Å²) in [5.74, 6) is 0. The third kappa shape index (κ3) is 85000. The molecule has 15 heteroatoms. The molecule has 0 N–H and O–H groups in total. The highest BCUT2D eigenvalue weighted by Crippen LogP contribution is 2.18. The highest BCUT2D eigenvalue weighted by Gasteiger charge is 2.18. The van der Waals surface area contributed by atoms with Gasteiger partial charge in [0.15, 0.2) is 0 Å². The van der Waals surface area contributed by atoms with Crippen LogP contribution in [0.1, 0.15) is 0 Å². The van der Waals surface area contributed by atoms with Crippen molar-refractivity contribution in [3.8, 4) is 0 Å². The molecule has 0 spiro atoms. The molecule has 0 bridgehead atoms. The van der Waals surface area contributed by atoms with Gasteiger partial charge in [-0.3, -0.25) is 14.1 Å². The van der Waals surface area contributed by atoms with Gasteiger partial charge < -0.3 is 0 Å². The number of hydrogen-bond donors (Lipinski definition) is 3. The van der Waals surface area contributed by atoms with Gasteiger partial charge in [0.2, 0.25) is 0 Å². The minimum atomic E-state index is -4.31. The Labute approximate surface area is 109 Å². The SMILES string of the molecule is F.F.F.FC(F)(F)S.FC(F)(F)S.FC(F)(F)S. The average Bonchev–Trinajstić information content (AvgIpc) is 1.41. The molecule has 0 aromatic rings. The second-order valence-electron chi connectivity index (χ2n) is 1.40. The van der Waals surface area contributed by atoms with E-state index in [1.54, 1.807) is 0 Å². The minimum absolute atomic E-state index is 0. The molecule has 120 valence electrons. The Morgan fingerprint density at radius 2 is 0.389 bits per heavy atom. The van der Waals surface area contributed by atoms with E-state index in [9.17, 15) is 39.5 Å². The molecule has 0 saturated carbocycles. The lowest BCUT2D eigenvalue weighted by Gasteiger charge is -1.87.